The Morgan fingerprint density at radius 1 is 1.00 bits per heavy atom. The molecular weight excluding hydrogens is 198 g/mol. The summed E-state index contributed by atoms with van der Waals surface area (Å²) in [6, 6.07) is 0. The van der Waals surface area contributed by atoms with E-state index in [0.29, 0.717) is 6.54 Å². The van der Waals surface area contributed by atoms with Crippen LogP contribution >= 0.6 is 0 Å². The highest BCUT2D eigenvalue weighted by Crippen LogP contribution is 2.39. The SMILES string of the molecule is CC(C(O)C(CCN)C(C)(C)C)C(C)(C)C. The van der Waals surface area contributed by atoms with E-state index in [1.807, 2.05) is 0 Å². The zero-order valence-electron chi connectivity index (χ0n) is 12.2. The lowest BCUT2D eigenvalue weighted by molar-refractivity contribution is -0.0318. The van der Waals surface area contributed by atoms with Crippen molar-refractivity contribution in [1.29, 1.82) is 0 Å². The van der Waals surface area contributed by atoms with Gasteiger partial charge < -0.3 is 10.8 Å². The van der Waals surface area contributed by atoms with Crippen molar-refractivity contribution in [1.82, 2.24) is 0 Å². The molecule has 3 unspecified atom stereocenters. The van der Waals surface area contributed by atoms with Crippen LogP contribution in [0.1, 0.15) is 54.9 Å². The summed E-state index contributed by atoms with van der Waals surface area (Å²) in [5.74, 6) is 0.551. The fourth-order valence-corrected chi connectivity index (χ4v) is 2.16. The summed E-state index contributed by atoms with van der Waals surface area (Å²) < 4.78 is 0. The van der Waals surface area contributed by atoms with Crippen LogP contribution in [0.4, 0.5) is 0 Å². The summed E-state index contributed by atoms with van der Waals surface area (Å²) >= 11 is 0. The third-order valence-corrected chi connectivity index (χ3v) is 3.88. The Hall–Kier alpha value is -0.0800. The molecule has 0 bridgehead atoms. The van der Waals surface area contributed by atoms with Crippen molar-refractivity contribution in [3.05, 3.63) is 0 Å². The lowest BCUT2D eigenvalue weighted by Crippen LogP contribution is -2.41. The van der Waals surface area contributed by atoms with E-state index >= 15 is 0 Å². The Bertz CT molecular complexity index is 200. The molecule has 0 saturated carbocycles. The number of aliphatic hydroxyl groups is 1. The second kappa shape index (κ2) is 5.50. The molecule has 0 heterocycles. The van der Waals surface area contributed by atoms with E-state index in [-0.39, 0.29) is 28.8 Å². The second-order valence-corrected chi connectivity index (χ2v) is 7.20. The Labute approximate surface area is 102 Å². The van der Waals surface area contributed by atoms with Crippen molar-refractivity contribution >= 4 is 0 Å². The Morgan fingerprint density at radius 3 is 1.69 bits per heavy atom. The van der Waals surface area contributed by atoms with E-state index in [4.69, 9.17) is 5.73 Å². The minimum absolute atomic E-state index is 0.109. The van der Waals surface area contributed by atoms with Crippen molar-refractivity contribution in [2.24, 2.45) is 28.4 Å². The van der Waals surface area contributed by atoms with Crippen molar-refractivity contribution in [3.8, 4) is 0 Å². The van der Waals surface area contributed by atoms with E-state index < -0.39 is 0 Å². The first-order valence-electron chi connectivity index (χ1n) is 6.40. The Morgan fingerprint density at radius 2 is 1.44 bits per heavy atom. The molecule has 0 fully saturated rings. The molecular formula is C14H31NO. The average Bonchev–Trinajstić information content (AvgIpc) is 2.08. The minimum atomic E-state index is -0.274. The summed E-state index contributed by atoms with van der Waals surface area (Å²) in [4.78, 5) is 0. The maximum atomic E-state index is 10.5. The summed E-state index contributed by atoms with van der Waals surface area (Å²) in [6.07, 6.45) is 0.619. The molecule has 0 rings (SSSR count). The third-order valence-electron chi connectivity index (χ3n) is 3.88. The first-order valence-corrected chi connectivity index (χ1v) is 6.40. The van der Waals surface area contributed by atoms with Gasteiger partial charge in [0.25, 0.3) is 0 Å². The lowest BCUT2D eigenvalue weighted by atomic mass is 9.67. The van der Waals surface area contributed by atoms with Crippen molar-refractivity contribution < 1.29 is 5.11 Å². The average molecular weight is 229 g/mol. The predicted molar refractivity (Wildman–Crippen MR) is 71.2 cm³/mol. The van der Waals surface area contributed by atoms with Crippen LogP contribution in [0.2, 0.25) is 0 Å². The van der Waals surface area contributed by atoms with E-state index in [0.717, 1.165) is 6.42 Å². The fraction of sp³-hybridized carbons (Fsp3) is 1.00. The van der Waals surface area contributed by atoms with Gasteiger partial charge in [-0.25, -0.2) is 0 Å². The molecule has 0 amide bonds. The molecule has 0 aliphatic carbocycles. The minimum Gasteiger partial charge on any atom is -0.393 e. The van der Waals surface area contributed by atoms with E-state index in [9.17, 15) is 5.11 Å². The van der Waals surface area contributed by atoms with Crippen LogP contribution in [0.5, 0.6) is 0 Å². The quantitative estimate of drug-likeness (QED) is 0.778. The second-order valence-electron chi connectivity index (χ2n) is 7.20. The number of hydrogen-bond acceptors (Lipinski definition) is 2. The summed E-state index contributed by atoms with van der Waals surface area (Å²) in [7, 11) is 0. The molecule has 2 nitrogen and oxygen atoms in total. The van der Waals surface area contributed by atoms with Gasteiger partial charge in [0.15, 0.2) is 0 Å². The molecule has 3 N–H and O–H groups in total. The fourth-order valence-electron chi connectivity index (χ4n) is 2.16. The smallest absolute Gasteiger partial charge is 0.0604 e. The van der Waals surface area contributed by atoms with Gasteiger partial charge in [-0.2, -0.15) is 0 Å². The summed E-state index contributed by atoms with van der Waals surface area (Å²) in [5.41, 5.74) is 5.91. The van der Waals surface area contributed by atoms with E-state index in [2.05, 4.69) is 48.5 Å². The zero-order chi connectivity index (χ0) is 13.1. The number of rotatable bonds is 4. The maximum Gasteiger partial charge on any atom is 0.0604 e. The van der Waals surface area contributed by atoms with Crippen LogP contribution in [0, 0.1) is 22.7 Å². The molecule has 0 aliphatic rings. The molecule has 0 saturated heterocycles. The van der Waals surface area contributed by atoms with Gasteiger partial charge in [0.05, 0.1) is 6.10 Å². The van der Waals surface area contributed by atoms with E-state index in [1.165, 1.54) is 0 Å². The largest absolute Gasteiger partial charge is 0.393 e. The molecule has 0 aromatic heterocycles. The normalized spacial score (nSPS) is 19.3. The van der Waals surface area contributed by atoms with Crippen LogP contribution in [0.15, 0.2) is 0 Å². The van der Waals surface area contributed by atoms with Gasteiger partial charge >= 0.3 is 0 Å². The first kappa shape index (κ1) is 15.9. The predicted octanol–water partition coefficient (Wildman–Crippen LogP) is 3.04. The highest BCUT2D eigenvalue weighted by molar-refractivity contribution is 4.87. The van der Waals surface area contributed by atoms with Gasteiger partial charge in [0.1, 0.15) is 0 Å². The molecule has 98 valence electrons. The van der Waals surface area contributed by atoms with Gasteiger partial charge in [-0.05, 0) is 35.6 Å². The lowest BCUT2D eigenvalue weighted by Gasteiger charge is -2.41. The van der Waals surface area contributed by atoms with Gasteiger partial charge in [-0.3, -0.25) is 0 Å². The van der Waals surface area contributed by atoms with Gasteiger partial charge in [-0.15, -0.1) is 0 Å². The molecule has 16 heavy (non-hydrogen) atoms. The standard InChI is InChI=1S/C14H31NO/c1-10(13(2,3)4)12(16)11(8-9-15)14(5,6)7/h10-12,16H,8-9,15H2,1-7H3. The Balaban J connectivity index is 4.81. The topological polar surface area (TPSA) is 46.2 Å². The molecule has 0 radical (unpaired) electrons. The molecule has 3 atom stereocenters. The van der Waals surface area contributed by atoms with Crippen LogP contribution < -0.4 is 5.73 Å². The molecule has 2 heteroatoms. The van der Waals surface area contributed by atoms with Crippen molar-refractivity contribution in [2.45, 2.75) is 61.0 Å². The van der Waals surface area contributed by atoms with Gasteiger partial charge in [0, 0.05) is 0 Å². The number of hydrogen-bond donors (Lipinski definition) is 2. The number of aliphatic hydroxyl groups excluding tert-OH is 1. The van der Waals surface area contributed by atoms with E-state index in [1.54, 1.807) is 0 Å². The van der Waals surface area contributed by atoms with Crippen LogP contribution in [0.25, 0.3) is 0 Å². The maximum absolute atomic E-state index is 10.5. The highest BCUT2D eigenvalue weighted by atomic mass is 16.3. The third kappa shape index (κ3) is 4.42. The summed E-state index contributed by atoms with van der Waals surface area (Å²) in [5, 5.41) is 10.5. The first-order chi connectivity index (χ1) is 7.01. The van der Waals surface area contributed by atoms with Gasteiger partial charge in [-0.1, -0.05) is 48.5 Å². The number of nitrogens with two attached hydrogens (primary N) is 1. The highest BCUT2D eigenvalue weighted by Gasteiger charge is 2.37. The van der Waals surface area contributed by atoms with Crippen LogP contribution in [-0.4, -0.2) is 17.8 Å². The summed E-state index contributed by atoms with van der Waals surface area (Å²) in [6.45, 7) is 15.9. The van der Waals surface area contributed by atoms with Gasteiger partial charge in [0.2, 0.25) is 0 Å². The van der Waals surface area contributed by atoms with Crippen LogP contribution in [0.3, 0.4) is 0 Å². The van der Waals surface area contributed by atoms with Crippen molar-refractivity contribution in [3.63, 3.8) is 0 Å². The van der Waals surface area contributed by atoms with Crippen LogP contribution in [-0.2, 0) is 0 Å². The molecule has 0 aromatic rings. The molecule has 0 spiro atoms. The monoisotopic (exact) mass is 229 g/mol. The van der Waals surface area contributed by atoms with Crippen molar-refractivity contribution in [2.75, 3.05) is 6.54 Å². The molecule has 0 aliphatic heterocycles. The molecule has 0 aromatic carbocycles. The zero-order valence-corrected chi connectivity index (χ0v) is 12.2. The Kier molecular flexibility index (Phi) is 5.48.